The monoisotopic (exact) mass is 408 g/mol. The number of aromatic nitrogens is 2. The number of rotatable bonds is 3. The van der Waals surface area contributed by atoms with Crippen molar-refractivity contribution in [2.45, 2.75) is 6.18 Å². The van der Waals surface area contributed by atoms with Gasteiger partial charge in [0.1, 0.15) is 5.82 Å². The number of nitrogens with zero attached hydrogens (tertiary/aromatic N) is 4. The van der Waals surface area contributed by atoms with Crippen molar-refractivity contribution in [2.24, 2.45) is 0 Å². The lowest BCUT2D eigenvalue weighted by Gasteiger charge is -2.35. The largest absolute Gasteiger partial charge is 0.442 e. The van der Waals surface area contributed by atoms with E-state index in [1.54, 1.807) is 4.90 Å². The number of alkyl halides is 3. The van der Waals surface area contributed by atoms with Gasteiger partial charge in [0.05, 0.1) is 10.4 Å². The number of oxazole rings is 1. The molecule has 146 valence electrons. The zero-order valence-corrected chi connectivity index (χ0v) is 15.3. The molecule has 1 saturated heterocycles. The van der Waals surface area contributed by atoms with Gasteiger partial charge in [-0.3, -0.25) is 4.79 Å². The molecular weight excluding hydrogens is 393 g/mol. The molecule has 0 aliphatic carbocycles. The Morgan fingerprint density at radius 2 is 1.89 bits per heavy atom. The van der Waals surface area contributed by atoms with Crippen molar-refractivity contribution in [3.63, 3.8) is 0 Å². The van der Waals surface area contributed by atoms with Crippen LogP contribution in [0, 0.1) is 0 Å². The van der Waals surface area contributed by atoms with Gasteiger partial charge in [0.2, 0.25) is 0 Å². The van der Waals surface area contributed by atoms with E-state index in [9.17, 15) is 18.0 Å². The van der Waals surface area contributed by atoms with E-state index < -0.39 is 11.7 Å². The van der Waals surface area contributed by atoms with Gasteiger partial charge >= 0.3 is 6.18 Å². The zero-order chi connectivity index (χ0) is 19.7. The number of carbonyl (C=O) groups excluding carboxylic acids is 1. The fourth-order valence-corrected chi connectivity index (χ4v) is 3.72. The van der Waals surface area contributed by atoms with Gasteiger partial charge in [0.25, 0.3) is 5.91 Å². The van der Waals surface area contributed by atoms with Crippen LogP contribution in [0.1, 0.15) is 16.1 Å². The second-order valence-corrected chi connectivity index (χ2v) is 7.14. The third kappa shape index (κ3) is 3.59. The summed E-state index contributed by atoms with van der Waals surface area (Å²) in [6.45, 7) is 1.77. The maximum Gasteiger partial charge on any atom is 0.417 e. The van der Waals surface area contributed by atoms with E-state index in [0.29, 0.717) is 37.8 Å². The number of piperazine rings is 1. The van der Waals surface area contributed by atoms with E-state index in [2.05, 4.69) is 9.97 Å². The molecule has 0 N–H and O–H groups in total. The summed E-state index contributed by atoms with van der Waals surface area (Å²) in [5.41, 5.74) is -0.513. The summed E-state index contributed by atoms with van der Waals surface area (Å²) in [4.78, 5) is 25.2. The molecular formula is C18H15F3N4O2S. The predicted octanol–water partition coefficient (Wildman–Crippen LogP) is 3.78. The number of anilines is 1. The first-order valence-corrected chi connectivity index (χ1v) is 9.36. The molecule has 3 aromatic heterocycles. The van der Waals surface area contributed by atoms with E-state index in [-0.39, 0.29) is 11.6 Å². The normalized spacial score (nSPS) is 15.1. The highest BCUT2D eigenvalue weighted by Crippen LogP contribution is 2.30. The maximum absolute atomic E-state index is 12.8. The van der Waals surface area contributed by atoms with E-state index in [4.69, 9.17) is 4.42 Å². The second kappa shape index (κ2) is 7.27. The Balaban J connectivity index is 1.42. The molecule has 0 unspecified atom stereocenters. The topological polar surface area (TPSA) is 62.5 Å². The molecule has 6 nitrogen and oxygen atoms in total. The molecule has 0 atom stereocenters. The number of hydrogen-bond acceptors (Lipinski definition) is 6. The maximum atomic E-state index is 12.8. The summed E-state index contributed by atoms with van der Waals surface area (Å²) in [7, 11) is 0. The number of pyridine rings is 1. The van der Waals surface area contributed by atoms with Crippen LogP contribution >= 0.6 is 11.3 Å². The van der Waals surface area contributed by atoms with Crippen LogP contribution in [0.4, 0.5) is 19.0 Å². The molecule has 1 aliphatic heterocycles. The molecule has 1 fully saturated rings. The minimum atomic E-state index is -4.41. The fraction of sp³-hybridized carbons (Fsp3) is 0.278. The molecule has 28 heavy (non-hydrogen) atoms. The molecule has 1 amide bonds. The Labute approximate surface area is 162 Å². The van der Waals surface area contributed by atoms with Crippen molar-refractivity contribution in [1.82, 2.24) is 14.9 Å². The van der Waals surface area contributed by atoms with Gasteiger partial charge in [0.15, 0.2) is 17.8 Å². The van der Waals surface area contributed by atoms with E-state index in [1.165, 1.54) is 23.8 Å². The Morgan fingerprint density at radius 3 is 2.50 bits per heavy atom. The van der Waals surface area contributed by atoms with Crippen LogP contribution in [-0.2, 0) is 6.18 Å². The van der Waals surface area contributed by atoms with Crippen molar-refractivity contribution in [1.29, 1.82) is 0 Å². The molecule has 0 aromatic carbocycles. The molecule has 4 rings (SSSR count). The molecule has 0 saturated carbocycles. The number of thiophene rings is 1. The Kier molecular flexibility index (Phi) is 4.80. The van der Waals surface area contributed by atoms with Crippen LogP contribution in [0.3, 0.4) is 0 Å². The quantitative estimate of drug-likeness (QED) is 0.660. The third-order valence-corrected chi connectivity index (χ3v) is 5.35. The number of amides is 1. The minimum absolute atomic E-state index is 0.225. The van der Waals surface area contributed by atoms with Crippen molar-refractivity contribution in [3.8, 4) is 10.6 Å². The molecule has 0 bridgehead atoms. The van der Waals surface area contributed by atoms with Gasteiger partial charge in [-0.1, -0.05) is 6.07 Å². The molecule has 0 radical (unpaired) electrons. The Bertz CT molecular complexity index is 946. The first kappa shape index (κ1) is 18.5. The van der Waals surface area contributed by atoms with Gasteiger partial charge in [-0.05, 0) is 23.6 Å². The fourth-order valence-electron chi connectivity index (χ4n) is 3.01. The van der Waals surface area contributed by atoms with E-state index in [1.807, 2.05) is 22.4 Å². The number of carbonyl (C=O) groups is 1. The highest BCUT2D eigenvalue weighted by molar-refractivity contribution is 7.13. The summed E-state index contributed by atoms with van der Waals surface area (Å²) in [5, 5.41) is 1.89. The van der Waals surface area contributed by atoms with Crippen molar-refractivity contribution in [2.75, 3.05) is 31.1 Å². The summed E-state index contributed by atoms with van der Waals surface area (Å²) < 4.78 is 43.4. The van der Waals surface area contributed by atoms with Crippen LogP contribution in [0.5, 0.6) is 0 Å². The van der Waals surface area contributed by atoms with Gasteiger partial charge in [-0.2, -0.15) is 13.2 Å². The van der Waals surface area contributed by atoms with Crippen LogP contribution in [0.15, 0.2) is 46.7 Å². The molecule has 4 heterocycles. The van der Waals surface area contributed by atoms with Gasteiger partial charge < -0.3 is 14.2 Å². The summed E-state index contributed by atoms with van der Waals surface area (Å²) >= 11 is 1.46. The standard InChI is InChI=1S/C18H15F3N4O2S/c19-18(20,21)12-3-4-14(22-10-12)24-5-7-25(8-6-24)17(26)15-16(27-11-23-15)13-2-1-9-28-13/h1-4,9-11H,5-8H2. The van der Waals surface area contributed by atoms with E-state index in [0.717, 1.165) is 17.1 Å². The van der Waals surface area contributed by atoms with Crippen LogP contribution < -0.4 is 4.90 Å². The first-order chi connectivity index (χ1) is 13.4. The van der Waals surface area contributed by atoms with Crippen molar-refractivity contribution >= 4 is 23.1 Å². The first-order valence-electron chi connectivity index (χ1n) is 8.48. The van der Waals surface area contributed by atoms with Crippen molar-refractivity contribution < 1.29 is 22.4 Å². The van der Waals surface area contributed by atoms with Gasteiger partial charge in [-0.15, -0.1) is 11.3 Å². The van der Waals surface area contributed by atoms with Crippen LogP contribution in [0.2, 0.25) is 0 Å². The molecule has 0 spiro atoms. The van der Waals surface area contributed by atoms with Gasteiger partial charge in [0, 0.05) is 32.4 Å². The van der Waals surface area contributed by atoms with E-state index >= 15 is 0 Å². The smallest absolute Gasteiger partial charge is 0.417 e. The summed E-state index contributed by atoms with van der Waals surface area (Å²) in [5.74, 6) is 0.685. The second-order valence-electron chi connectivity index (χ2n) is 6.19. The highest BCUT2D eigenvalue weighted by Gasteiger charge is 2.31. The lowest BCUT2D eigenvalue weighted by atomic mass is 10.2. The van der Waals surface area contributed by atoms with Gasteiger partial charge in [-0.25, -0.2) is 9.97 Å². The van der Waals surface area contributed by atoms with Crippen LogP contribution in [-0.4, -0.2) is 47.0 Å². The summed E-state index contributed by atoms with van der Waals surface area (Å²) in [6.07, 6.45) is -2.32. The molecule has 10 heteroatoms. The lowest BCUT2D eigenvalue weighted by Crippen LogP contribution is -2.49. The van der Waals surface area contributed by atoms with Crippen LogP contribution in [0.25, 0.3) is 10.6 Å². The average Bonchev–Trinajstić information content (AvgIpc) is 3.38. The molecule has 1 aliphatic rings. The SMILES string of the molecule is O=C(c1ncoc1-c1cccs1)N1CCN(c2ccc(C(F)(F)F)cn2)CC1. The summed E-state index contributed by atoms with van der Waals surface area (Å²) in [6, 6.07) is 6.10. The average molecular weight is 408 g/mol. The Morgan fingerprint density at radius 1 is 1.11 bits per heavy atom. The lowest BCUT2D eigenvalue weighted by molar-refractivity contribution is -0.137. The molecule has 3 aromatic rings. The number of halogens is 3. The number of hydrogen-bond donors (Lipinski definition) is 0. The minimum Gasteiger partial charge on any atom is -0.442 e. The highest BCUT2D eigenvalue weighted by atomic mass is 32.1. The Hall–Kier alpha value is -2.88. The third-order valence-electron chi connectivity index (χ3n) is 4.48. The van der Waals surface area contributed by atoms with Crippen molar-refractivity contribution in [3.05, 3.63) is 53.5 Å². The zero-order valence-electron chi connectivity index (χ0n) is 14.5. The predicted molar refractivity (Wildman–Crippen MR) is 97.2 cm³/mol.